The van der Waals surface area contributed by atoms with Gasteiger partial charge in [0.05, 0.1) is 12.8 Å². The number of carboxylic acid groups (broad SMARTS) is 1. The van der Waals surface area contributed by atoms with Crippen molar-refractivity contribution < 1.29 is 14.7 Å². The molecule has 0 aliphatic heterocycles. The van der Waals surface area contributed by atoms with Crippen LogP contribution in [0.3, 0.4) is 0 Å². The summed E-state index contributed by atoms with van der Waals surface area (Å²) >= 11 is 0. The summed E-state index contributed by atoms with van der Waals surface area (Å²) in [5, 5.41) is 13.1. The van der Waals surface area contributed by atoms with E-state index in [0.29, 0.717) is 0 Å². The van der Waals surface area contributed by atoms with Crippen LogP contribution in [0.25, 0.3) is 10.9 Å². The molecule has 0 saturated heterocycles. The minimum Gasteiger partial charge on any atom is -0.481 e. The lowest BCUT2D eigenvalue weighted by molar-refractivity contribution is -0.139. The van der Waals surface area contributed by atoms with Gasteiger partial charge in [-0.05, 0) is 30.4 Å². The van der Waals surface area contributed by atoms with E-state index in [1.165, 1.54) is 5.56 Å². The number of carbonyl (C=O) groups is 2. The second kappa shape index (κ2) is 7.07. The molecule has 0 radical (unpaired) electrons. The van der Waals surface area contributed by atoms with Crippen LogP contribution in [0.15, 0.2) is 24.4 Å². The summed E-state index contributed by atoms with van der Waals surface area (Å²) in [6.45, 7) is 7.72. The van der Waals surface area contributed by atoms with Crippen molar-refractivity contribution in [3.8, 4) is 0 Å². The number of aromatic nitrogens is 1. The van der Waals surface area contributed by atoms with Gasteiger partial charge in [-0.1, -0.05) is 39.0 Å². The van der Waals surface area contributed by atoms with Gasteiger partial charge in [-0.2, -0.15) is 0 Å². The molecule has 1 aromatic heterocycles. The lowest BCUT2D eigenvalue weighted by Gasteiger charge is -2.33. The van der Waals surface area contributed by atoms with Gasteiger partial charge in [-0.25, -0.2) is 0 Å². The third-order valence-corrected chi connectivity index (χ3v) is 4.84. The zero-order chi connectivity index (χ0) is 17.9. The molecule has 1 amide bonds. The first kappa shape index (κ1) is 18.0. The van der Waals surface area contributed by atoms with Crippen LogP contribution in [-0.4, -0.2) is 27.5 Å². The standard InChI is InChI=1S/C19H26N2O3/c1-5-13-7-6-8-15-14(11-20-18(13)15)9-16(22)21-19(4,12(2)3)10-17(23)24/h6-8,11-12,20H,5,9-10H2,1-4H3,(H,21,22)(H,23,24). The summed E-state index contributed by atoms with van der Waals surface area (Å²) in [6.07, 6.45) is 2.93. The number of H-pyrrole nitrogens is 1. The SMILES string of the molecule is CCc1cccc2c(CC(=O)NC(C)(CC(=O)O)C(C)C)c[nH]c12. The normalized spacial score (nSPS) is 13.9. The maximum atomic E-state index is 12.5. The average Bonchev–Trinajstić information content (AvgIpc) is 2.89. The van der Waals surface area contributed by atoms with Crippen LogP contribution in [-0.2, 0) is 22.4 Å². The van der Waals surface area contributed by atoms with E-state index in [1.54, 1.807) is 6.92 Å². The fourth-order valence-electron chi connectivity index (χ4n) is 2.96. The van der Waals surface area contributed by atoms with Crippen LogP contribution in [0.4, 0.5) is 0 Å². The highest BCUT2D eigenvalue weighted by Gasteiger charge is 2.32. The van der Waals surface area contributed by atoms with Crippen LogP contribution >= 0.6 is 0 Å². The molecule has 0 saturated carbocycles. The molecule has 0 fully saturated rings. The minimum absolute atomic E-state index is 0.0206. The summed E-state index contributed by atoms with van der Waals surface area (Å²) in [4.78, 5) is 26.9. The number of rotatable bonds is 7. The van der Waals surface area contributed by atoms with Crippen molar-refractivity contribution in [3.63, 3.8) is 0 Å². The third-order valence-electron chi connectivity index (χ3n) is 4.84. The number of hydrogen-bond donors (Lipinski definition) is 3. The number of hydrogen-bond acceptors (Lipinski definition) is 2. The number of carbonyl (C=O) groups excluding carboxylic acids is 1. The highest BCUT2D eigenvalue weighted by atomic mass is 16.4. The number of aromatic amines is 1. The Morgan fingerprint density at radius 3 is 2.58 bits per heavy atom. The zero-order valence-electron chi connectivity index (χ0n) is 14.8. The molecule has 5 heteroatoms. The van der Waals surface area contributed by atoms with E-state index in [9.17, 15) is 9.59 Å². The molecule has 0 spiro atoms. The fourth-order valence-corrected chi connectivity index (χ4v) is 2.96. The Morgan fingerprint density at radius 2 is 2.00 bits per heavy atom. The quantitative estimate of drug-likeness (QED) is 0.728. The molecule has 1 heterocycles. The van der Waals surface area contributed by atoms with Crippen LogP contribution in [0.1, 0.15) is 45.2 Å². The number of fused-ring (bicyclic) bond motifs is 1. The van der Waals surface area contributed by atoms with E-state index in [1.807, 2.05) is 32.2 Å². The van der Waals surface area contributed by atoms with Crippen molar-refractivity contribution >= 4 is 22.8 Å². The summed E-state index contributed by atoms with van der Waals surface area (Å²) in [7, 11) is 0. The van der Waals surface area contributed by atoms with E-state index in [0.717, 1.165) is 22.9 Å². The zero-order valence-corrected chi connectivity index (χ0v) is 14.8. The molecule has 24 heavy (non-hydrogen) atoms. The van der Waals surface area contributed by atoms with Gasteiger partial charge in [0.1, 0.15) is 0 Å². The Bertz CT molecular complexity index is 748. The third kappa shape index (κ3) is 3.78. The van der Waals surface area contributed by atoms with E-state index in [-0.39, 0.29) is 24.7 Å². The smallest absolute Gasteiger partial charge is 0.305 e. The van der Waals surface area contributed by atoms with Crippen LogP contribution in [0.5, 0.6) is 0 Å². The summed E-state index contributed by atoms with van der Waals surface area (Å²) in [5.74, 6) is -1.05. The van der Waals surface area contributed by atoms with Crippen molar-refractivity contribution in [2.24, 2.45) is 5.92 Å². The molecule has 0 bridgehead atoms. The molecule has 0 aliphatic carbocycles. The minimum atomic E-state index is -0.911. The van der Waals surface area contributed by atoms with Crippen molar-refractivity contribution in [2.75, 3.05) is 0 Å². The first-order valence-electron chi connectivity index (χ1n) is 8.37. The Morgan fingerprint density at radius 1 is 1.29 bits per heavy atom. The van der Waals surface area contributed by atoms with Crippen LogP contribution in [0.2, 0.25) is 0 Å². The molecular weight excluding hydrogens is 304 g/mol. The fraction of sp³-hybridized carbons (Fsp3) is 0.474. The highest BCUT2D eigenvalue weighted by Crippen LogP contribution is 2.24. The van der Waals surface area contributed by atoms with E-state index < -0.39 is 11.5 Å². The van der Waals surface area contributed by atoms with E-state index in [2.05, 4.69) is 23.3 Å². The lowest BCUT2D eigenvalue weighted by Crippen LogP contribution is -2.51. The molecule has 3 N–H and O–H groups in total. The molecule has 1 unspecified atom stereocenters. The number of amides is 1. The lowest BCUT2D eigenvalue weighted by atomic mass is 9.85. The van der Waals surface area contributed by atoms with Crippen molar-refractivity contribution in [2.45, 2.75) is 52.5 Å². The number of aliphatic carboxylic acids is 1. The van der Waals surface area contributed by atoms with Gasteiger partial charge in [0.15, 0.2) is 0 Å². The maximum absolute atomic E-state index is 12.5. The van der Waals surface area contributed by atoms with Gasteiger partial charge in [0.2, 0.25) is 5.91 Å². The second-order valence-corrected chi connectivity index (χ2v) is 6.87. The molecule has 2 aromatic rings. The first-order chi connectivity index (χ1) is 11.3. The number of carboxylic acids is 1. The summed E-state index contributed by atoms with van der Waals surface area (Å²) in [5.41, 5.74) is 2.46. The topological polar surface area (TPSA) is 82.2 Å². The molecule has 1 atom stereocenters. The van der Waals surface area contributed by atoms with Gasteiger partial charge in [0, 0.05) is 22.6 Å². The molecule has 2 rings (SSSR count). The Balaban J connectivity index is 2.19. The van der Waals surface area contributed by atoms with Crippen LogP contribution < -0.4 is 5.32 Å². The van der Waals surface area contributed by atoms with Crippen molar-refractivity contribution in [3.05, 3.63) is 35.5 Å². The average molecular weight is 330 g/mol. The van der Waals surface area contributed by atoms with Gasteiger partial charge < -0.3 is 15.4 Å². The van der Waals surface area contributed by atoms with Crippen molar-refractivity contribution in [1.29, 1.82) is 0 Å². The monoisotopic (exact) mass is 330 g/mol. The molecule has 1 aromatic carbocycles. The first-order valence-corrected chi connectivity index (χ1v) is 8.37. The summed E-state index contributed by atoms with van der Waals surface area (Å²) in [6, 6.07) is 6.08. The molecule has 0 aliphatic rings. The van der Waals surface area contributed by atoms with Gasteiger partial charge in [-0.3, -0.25) is 9.59 Å². The Hall–Kier alpha value is -2.30. The summed E-state index contributed by atoms with van der Waals surface area (Å²) < 4.78 is 0. The number of para-hydroxylation sites is 1. The number of benzene rings is 1. The molecule has 130 valence electrons. The predicted molar refractivity (Wildman–Crippen MR) is 95.0 cm³/mol. The Labute approximate surface area is 142 Å². The Kier molecular flexibility index (Phi) is 5.32. The largest absolute Gasteiger partial charge is 0.481 e. The van der Waals surface area contributed by atoms with Gasteiger partial charge >= 0.3 is 5.97 Å². The predicted octanol–water partition coefficient (Wildman–Crippen LogP) is 3.28. The van der Waals surface area contributed by atoms with E-state index in [4.69, 9.17) is 5.11 Å². The van der Waals surface area contributed by atoms with Gasteiger partial charge in [0.25, 0.3) is 0 Å². The number of aryl methyl sites for hydroxylation is 1. The molecular formula is C19H26N2O3. The maximum Gasteiger partial charge on any atom is 0.305 e. The van der Waals surface area contributed by atoms with Crippen LogP contribution in [0, 0.1) is 5.92 Å². The second-order valence-electron chi connectivity index (χ2n) is 6.87. The molecule has 5 nitrogen and oxygen atoms in total. The number of nitrogens with one attached hydrogen (secondary N) is 2. The highest BCUT2D eigenvalue weighted by molar-refractivity contribution is 5.91. The van der Waals surface area contributed by atoms with E-state index >= 15 is 0 Å². The van der Waals surface area contributed by atoms with Gasteiger partial charge in [-0.15, -0.1) is 0 Å². The van der Waals surface area contributed by atoms with Crippen molar-refractivity contribution in [1.82, 2.24) is 10.3 Å².